The van der Waals surface area contributed by atoms with Crippen LogP contribution in [0.2, 0.25) is 0 Å². The fourth-order valence-corrected chi connectivity index (χ4v) is 3.64. The van der Waals surface area contributed by atoms with E-state index in [4.69, 9.17) is 0 Å². The van der Waals surface area contributed by atoms with Crippen molar-refractivity contribution in [2.45, 2.75) is 65.0 Å². The van der Waals surface area contributed by atoms with Crippen molar-refractivity contribution in [1.29, 1.82) is 0 Å². The fraction of sp³-hybridized carbons (Fsp3) is 1.00. The van der Waals surface area contributed by atoms with Crippen LogP contribution in [0.3, 0.4) is 0 Å². The Balaban J connectivity index is 1.85. The van der Waals surface area contributed by atoms with Crippen molar-refractivity contribution in [3.05, 3.63) is 0 Å². The van der Waals surface area contributed by atoms with Crippen molar-refractivity contribution in [3.8, 4) is 0 Å². The first-order valence-corrected chi connectivity index (χ1v) is 8.72. The van der Waals surface area contributed by atoms with Gasteiger partial charge in [-0.1, -0.05) is 27.2 Å². The molecule has 0 amide bonds. The SMILES string of the molecule is CCCC(C)(CNC1CC1)CN1CCN(C)C(CC)C1. The van der Waals surface area contributed by atoms with Gasteiger partial charge in [-0.2, -0.15) is 0 Å². The third kappa shape index (κ3) is 4.71. The molecule has 118 valence electrons. The number of nitrogens with zero attached hydrogens (tertiary/aromatic N) is 2. The number of hydrogen-bond acceptors (Lipinski definition) is 3. The molecular weight excluding hydrogens is 246 g/mol. The van der Waals surface area contributed by atoms with E-state index in [1.54, 1.807) is 0 Å². The Kier molecular flexibility index (Phi) is 5.88. The summed E-state index contributed by atoms with van der Waals surface area (Å²) in [5.74, 6) is 0. The Morgan fingerprint density at radius 2 is 1.95 bits per heavy atom. The first-order chi connectivity index (χ1) is 9.56. The lowest BCUT2D eigenvalue weighted by atomic mass is 9.84. The van der Waals surface area contributed by atoms with Crippen LogP contribution in [0.15, 0.2) is 0 Å². The molecule has 1 aliphatic carbocycles. The quantitative estimate of drug-likeness (QED) is 0.738. The van der Waals surface area contributed by atoms with Crippen molar-refractivity contribution in [2.75, 3.05) is 39.8 Å². The van der Waals surface area contributed by atoms with Gasteiger partial charge in [-0.05, 0) is 38.1 Å². The minimum atomic E-state index is 0.450. The van der Waals surface area contributed by atoms with Crippen LogP contribution in [0.4, 0.5) is 0 Å². The largest absolute Gasteiger partial charge is 0.313 e. The van der Waals surface area contributed by atoms with Crippen LogP contribution in [-0.4, -0.2) is 61.7 Å². The lowest BCUT2D eigenvalue weighted by Gasteiger charge is -2.43. The van der Waals surface area contributed by atoms with Crippen LogP contribution in [0.25, 0.3) is 0 Å². The number of piperazine rings is 1. The summed E-state index contributed by atoms with van der Waals surface area (Å²) >= 11 is 0. The highest BCUT2D eigenvalue weighted by Crippen LogP contribution is 2.28. The van der Waals surface area contributed by atoms with Crippen LogP contribution >= 0.6 is 0 Å². The van der Waals surface area contributed by atoms with Crippen LogP contribution in [0, 0.1) is 5.41 Å². The van der Waals surface area contributed by atoms with Crippen LogP contribution in [-0.2, 0) is 0 Å². The second-order valence-corrected chi connectivity index (χ2v) is 7.49. The number of nitrogens with one attached hydrogen (secondary N) is 1. The Labute approximate surface area is 126 Å². The summed E-state index contributed by atoms with van der Waals surface area (Å²) in [6.07, 6.45) is 6.71. The zero-order valence-corrected chi connectivity index (χ0v) is 14.1. The Hall–Kier alpha value is -0.120. The summed E-state index contributed by atoms with van der Waals surface area (Å²) in [7, 11) is 2.28. The predicted octanol–water partition coefficient (Wildman–Crippen LogP) is 2.57. The highest BCUT2D eigenvalue weighted by molar-refractivity contribution is 4.89. The van der Waals surface area contributed by atoms with Gasteiger partial charge in [0.05, 0.1) is 0 Å². The number of likely N-dealkylation sites (N-methyl/N-ethyl adjacent to an activating group) is 1. The molecular formula is C17H35N3. The van der Waals surface area contributed by atoms with E-state index < -0.39 is 0 Å². The molecule has 3 nitrogen and oxygen atoms in total. The van der Waals surface area contributed by atoms with Crippen LogP contribution < -0.4 is 5.32 Å². The van der Waals surface area contributed by atoms with Gasteiger partial charge in [-0.3, -0.25) is 4.90 Å². The molecule has 1 aliphatic heterocycles. The lowest BCUT2D eigenvalue weighted by Crippen LogP contribution is -2.54. The number of rotatable bonds is 8. The summed E-state index contributed by atoms with van der Waals surface area (Å²) in [6.45, 7) is 13.4. The van der Waals surface area contributed by atoms with Gasteiger partial charge in [0.2, 0.25) is 0 Å². The van der Waals surface area contributed by atoms with E-state index in [1.807, 2.05) is 0 Å². The average Bonchev–Trinajstić information content (AvgIpc) is 3.23. The topological polar surface area (TPSA) is 18.5 Å². The standard InChI is InChI=1S/C17H35N3/c1-5-9-17(3,13-18-15-7-8-15)14-20-11-10-19(4)16(6-2)12-20/h15-16,18H,5-14H2,1-4H3. The van der Waals surface area contributed by atoms with Crippen LogP contribution in [0.1, 0.15) is 52.9 Å². The van der Waals surface area contributed by atoms with Gasteiger partial charge in [-0.15, -0.1) is 0 Å². The molecule has 3 heteroatoms. The predicted molar refractivity (Wildman–Crippen MR) is 87.2 cm³/mol. The third-order valence-corrected chi connectivity index (χ3v) is 5.19. The molecule has 0 aromatic heterocycles. The molecule has 0 spiro atoms. The summed E-state index contributed by atoms with van der Waals surface area (Å²) < 4.78 is 0. The molecule has 1 saturated carbocycles. The van der Waals surface area contributed by atoms with E-state index in [-0.39, 0.29) is 0 Å². The minimum Gasteiger partial charge on any atom is -0.313 e. The lowest BCUT2D eigenvalue weighted by molar-refractivity contribution is 0.0578. The zero-order valence-electron chi connectivity index (χ0n) is 14.1. The Bertz CT molecular complexity index is 290. The third-order valence-electron chi connectivity index (χ3n) is 5.19. The van der Waals surface area contributed by atoms with E-state index in [0.717, 1.165) is 12.1 Å². The fourth-order valence-electron chi connectivity index (χ4n) is 3.64. The van der Waals surface area contributed by atoms with Gasteiger partial charge < -0.3 is 10.2 Å². The molecule has 2 atom stereocenters. The molecule has 1 heterocycles. The maximum absolute atomic E-state index is 3.77. The van der Waals surface area contributed by atoms with Gasteiger partial charge in [0, 0.05) is 44.8 Å². The molecule has 2 fully saturated rings. The second-order valence-electron chi connectivity index (χ2n) is 7.49. The molecule has 20 heavy (non-hydrogen) atoms. The molecule has 0 bridgehead atoms. The van der Waals surface area contributed by atoms with Crippen molar-refractivity contribution in [3.63, 3.8) is 0 Å². The molecule has 2 unspecified atom stereocenters. The van der Waals surface area contributed by atoms with Crippen molar-refractivity contribution in [1.82, 2.24) is 15.1 Å². The summed E-state index contributed by atoms with van der Waals surface area (Å²) in [6, 6.07) is 1.59. The molecule has 1 N–H and O–H groups in total. The van der Waals surface area contributed by atoms with Crippen molar-refractivity contribution in [2.24, 2.45) is 5.41 Å². The van der Waals surface area contributed by atoms with E-state index in [9.17, 15) is 0 Å². The first-order valence-electron chi connectivity index (χ1n) is 8.72. The van der Waals surface area contributed by atoms with E-state index in [1.165, 1.54) is 64.8 Å². The van der Waals surface area contributed by atoms with E-state index >= 15 is 0 Å². The number of hydrogen-bond donors (Lipinski definition) is 1. The smallest absolute Gasteiger partial charge is 0.0218 e. The molecule has 0 aromatic carbocycles. The molecule has 2 rings (SSSR count). The monoisotopic (exact) mass is 281 g/mol. The maximum Gasteiger partial charge on any atom is 0.0218 e. The van der Waals surface area contributed by atoms with Gasteiger partial charge in [0.15, 0.2) is 0 Å². The van der Waals surface area contributed by atoms with Gasteiger partial charge in [-0.25, -0.2) is 0 Å². The maximum atomic E-state index is 3.77. The molecule has 0 radical (unpaired) electrons. The Morgan fingerprint density at radius 3 is 2.55 bits per heavy atom. The summed E-state index contributed by atoms with van der Waals surface area (Å²) in [4.78, 5) is 5.26. The van der Waals surface area contributed by atoms with E-state index in [0.29, 0.717) is 5.41 Å². The summed E-state index contributed by atoms with van der Waals surface area (Å²) in [5, 5.41) is 3.77. The van der Waals surface area contributed by atoms with Crippen molar-refractivity contribution >= 4 is 0 Å². The van der Waals surface area contributed by atoms with Gasteiger partial charge in [0.1, 0.15) is 0 Å². The molecule has 2 aliphatic rings. The average molecular weight is 281 g/mol. The normalized spacial score (nSPS) is 28.5. The van der Waals surface area contributed by atoms with Gasteiger partial charge >= 0.3 is 0 Å². The summed E-state index contributed by atoms with van der Waals surface area (Å²) in [5.41, 5.74) is 0.450. The van der Waals surface area contributed by atoms with Crippen LogP contribution in [0.5, 0.6) is 0 Å². The second kappa shape index (κ2) is 7.24. The van der Waals surface area contributed by atoms with Gasteiger partial charge in [0.25, 0.3) is 0 Å². The first kappa shape index (κ1) is 16.3. The Morgan fingerprint density at radius 1 is 1.20 bits per heavy atom. The minimum absolute atomic E-state index is 0.450. The molecule has 0 aromatic rings. The highest BCUT2D eigenvalue weighted by Gasteiger charge is 2.32. The zero-order chi connectivity index (χ0) is 14.6. The molecule has 1 saturated heterocycles. The van der Waals surface area contributed by atoms with Crippen molar-refractivity contribution < 1.29 is 0 Å². The van der Waals surface area contributed by atoms with E-state index in [2.05, 4.69) is 42.9 Å². The highest BCUT2D eigenvalue weighted by atomic mass is 15.3.